The van der Waals surface area contributed by atoms with Crippen LogP contribution >= 0.6 is 11.6 Å². The molecule has 0 aliphatic carbocycles. The molecule has 0 bridgehead atoms. The molecule has 140 valence electrons. The number of pyridine rings is 1. The Balaban J connectivity index is 1.58. The summed E-state index contributed by atoms with van der Waals surface area (Å²) in [5.74, 6) is 0.540. The summed E-state index contributed by atoms with van der Waals surface area (Å²) in [4.78, 5) is 32.5. The number of halogens is 1. The summed E-state index contributed by atoms with van der Waals surface area (Å²) < 4.78 is 0. The van der Waals surface area contributed by atoms with Gasteiger partial charge in [0.1, 0.15) is 5.82 Å². The number of nitrogens with one attached hydrogen (secondary N) is 1. The molecule has 7 heteroatoms. The molecule has 2 heterocycles. The average molecular weight is 385 g/mol. The summed E-state index contributed by atoms with van der Waals surface area (Å²) in [6, 6.07) is 11.0. The Kier molecular flexibility index (Phi) is 6.08. The van der Waals surface area contributed by atoms with E-state index in [0.29, 0.717) is 42.6 Å². The van der Waals surface area contributed by atoms with Crippen LogP contribution in [0.15, 0.2) is 55.3 Å². The molecule has 1 aromatic carbocycles. The number of anilines is 1. The number of hydrogen-bond donors (Lipinski definition) is 1. The van der Waals surface area contributed by atoms with Gasteiger partial charge in [-0.05, 0) is 29.8 Å². The zero-order valence-corrected chi connectivity index (χ0v) is 15.7. The molecule has 0 atom stereocenters. The average Bonchev–Trinajstić information content (AvgIpc) is 2.69. The SMILES string of the molecule is C=CCNC(=O)c1ccc(N2CCN(Cc3ccc(Cl)cc3)C(=O)C2)nc1. The van der Waals surface area contributed by atoms with Crippen LogP contribution in [-0.2, 0) is 11.3 Å². The highest BCUT2D eigenvalue weighted by Crippen LogP contribution is 2.17. The van der Waals surface area contributed by atoms with Gasteiger partial charge in [-0.25, -0.2) is 4.98 Å². The van der Waals surface area contributed by atoms with Crippen LogP contribution in [0.3, 0.4) is 0 Å². The summed E-state index contributed by atoms with van der Waals surface area (Å²) in [5.41, 5.74) is 1.53. The van der Waals surface area contributed by atoms with Gasteiger partial charge in [0.15, 0.2) is 0 Å². The van der Waals surface area contributed by atoms with Gasteiger partial charge in [0.25, 0.3) is 5.91 Å². The molecule has 0 radical (unpaired) electrons. The van der Waals surface area contributed by atoms with Crippen molar-refractivity contribution in [1.82, 2.24) is 15.2 Å². The zero-order chi connectivity index (χ0) is 19.2. The molecular weight excluding hydrogens is 364 g/mol. The lowest BCUT2D eigenvalue weighted by molar-refractivity contribution is -0.131. The summed E-state index contributed by atoms with van der Waals surface area (Å²) in [5, 5.41) is 3.39. The third kappa shape index (κ3) is 4.86. The highest BCUT2D eigenvalue weighted by atomic mass is 35.5. The van der Waals surface area contributed by atoms with Gasteiger partial charge in [-0.1, -0.05) is 29.8 Å². The number of rotatable bonds is 6. The van der Waals surface area contributed by atoms with Crippen molar-refractivity contribution in [1.29, 1.82) is 0 Å². The Morgan fingerprint density at radius 1 is 1.22 bits per heavy atom. The van der Waals surface area contributed by atoms with Gasteiger partial charge in [-0.2, -0.15) is 0 Å². The second kappa shape index (κ2) is 8.68. The minimum atomic E-state index is -0.196. The van der Waals surface area contributed by atoms with Gasteiger partial charge in [-0.3, -0.25) is 9.59 Å². The van der Waals surface area contributed by atoms with E-state index in [4.69, 9.17) is 11.6 Å². The summed E-state index contributed by atoms with van der Waals surface area (Å²) in [6.45, 7) is 6.11. The van der Waals surface area contributed by atoms with E-state index in [2.05, 4.69) is 16.9 Å². The monoisotopic (exact) mass is 384 g/mol. The maximum absolute atomic E-state index is 12.5. The highest BCUT2D eigenvalue weighted by Gasteiger charge is 2.24. The van der Waals surface area contributed by atoms with Gasteiger partial charge >= 0.3 is 0 Å². The van der Waals surface area contributed by atoms with E-state index in [1.807, 2.05) is 34.1 Å². The van der Waals surface area contributed by atoms with Gasteiger partial charge in [0, 0.05) is 37.4 Å². The second-order valence-electron chi connectivity index (χ2n) is 6.27. The van der Waals surface area contributed by atoms with Gasteiger partial charge in [0.2, 0.25) is 5.91 Å². The molecule has 0 spiro atoms. The van der Waals surface area contributed by atoms with Crippen molar-refractivity contribution in [3.63, 3.8) is 0 Å². The van der Waals surface area contributed by atoms with Crippen molar-refractivity contribution in [2.75, 3.05) is 31.1 Å². The maximum Gasteiger partial charge on any atom is 0.253 e. The van der Waals surface area contributed by atoms with E-state index in [1.54, 1.807) is 18.2 Å². The minimum Gasteiger partial charge on any atom is -0.349 e. The van der Waals surface area contributed by atoms with Crippen molar-refractivity contribution in [3.05, 3.63) is 71.4 Å². The quantitative estimate of drug-likeness (QED) is 0.777. The molecule has 1 aliphatic rings. The molecule has 3 rings (SSSR count). The fourth-order valence-electron chi connectivity index (χ4n) is 2.86. The number of benzene rings is 1. The Labute approximate surface area is 163 Å². The number of hydrogen-bond acceptors (Lipinski definition) is 4. The standard InChI is InChI=1S/C20H21ClN4O2/c1-2-9-22-20(27)16-5-8-18(23-12-16)24-10-11-25(19(26)14-24)13-15-3-6-17(21)7-4-15/h2-8,12H,1,9-11,13-14H2,(H,22,27). The largest absolute Gasteiger partial charge is 0.349 e. The fourth-order valence-corrected chi connectivity index (χ4v) is 2.98. The molecule has 1 aromatic heterocycles. The normalized spacial score (nSPS) is 14.2. The van der Waals surface area contributed by atoms with Crippen LogP contribution in [-0.4, -0.2) is 47.9 Å². The molecule has 27 heavy (non-hydrogen) atoms. The van der Waals surface area contributed by atoms with E-state index in [-0.39, 0.29) is 18.4 Å². The topological polar surface area (TPSA) is 65.5 Å². The van der Waals surface area contributed by atoms with Crippen molar-refractivity contribution in [3.8, 4) is 0 Å². The van der Waals surface area contributed by atoms with Crippen LogP contribution in [0, 0.1) is 0 Å². The lowest BCUT2D eigenvalue weighted by Crippen LogP contribution is -2.50. The van der Waals surface area contributed by atoms with Crippen LogP contribution in [0.1, 0.15) is 15.9 Å². The number of nitrogens with zero attached hydrogens (tertiary/aromatic N) is 3. The Morgan fingerprint density at radius 2 is 2.00 bits per heavy atom. The predicted octanol–water partition coefficient (Wildman–Crippen LogP) is 2.50. The van der Waals surface area contributed by atoms with Crippen molar-refractivity contribution in [2.24, 2.45) is 0 Å². The number of carbonyl (C=O) groups is 2. The van der Waals surface area contributed by atoms with Crippen LogP contribution in [0.2, 0.25) is 5.02 Å². The zero-order valence-electron chi connectivity index (χ0n) is 14.9. The molecular formula is C20H21ClN4O2. The first-order chi connectivity index (χ1) is 13.1. The Hall–Kier alpha value is -2.86. The molecule has 0 unspecified atom stereocenters. The van der Waals surface area contributed by atoms with E-state index < -0.39 is 0 Å². The predicted molar refractivity (Wildman–Crippen MR) is 106 cm³/mol. The molecule has 2 aromatic rings. The molecule has 1 saturated heterocycles. The highest BCUT2D eigenvalue weighted by molar-refractivity contribution is 6.30. The number of piperazine rings is 1. The minimum absolute atomic E-state index is 0.0470. The van der Waals surface area contributed by atoms with Gasteiger partial charge in [-0.15, -0.1) is 6.58 Å². The van der Waals surface area contributed by atoms with Gasteiger partial charge in [0.05, 0.1) is 12.1 Å². The third-order valence-electron chi connectivity index (χ3n) is 4.35. The molecule has 2 amide bonds. The first-order valence-corrected chi connectivity index (χ1v) is 9.07. The fraction of sp³-hybridized carbons (Fsp3) is 0.250. The van der Waals surface area contributed by atoms with Crippen molar-refractivity contribution < 1.29 is 9.59 Å². The Morgan fingerprint density at radius 3 is 2.63 bits per heavy atom. The lowest BCUT2D eigenvalue weighted by atomic mass is 10.2. The van der Waals surface area contributed by atoms with E-state index in [0.717, 1.165) is 5.56 Å². The summed E-state index contributed by atoms with van der Waals surface area (Å²) in [6.07, 6.45) is 3.15. The first-order valence-electron chi connectivity index (χ1n) is 8.69. The molecule has 1 N–H and O–H groups in total. The van der Waals surface area contributed by atoms with Crippen LogP contribution in [0.25, 0.3) is 0 Å². The number of amides is 2. The molecule has 1 aliphatic heterocycles. The van der Waals surface area contributed by atoms with Crippen molar-refractivity contribution >= 4 is 29.2 Å². The molecule has 1 fully saturated rings. The van der Waals surface area contributed by atoms with E-state index in [1.165, 1.54) is 6.20 Å². The van der Waals surface area contributed by atoms with E-state index in [9.17, 15) is 9.59 Å². The first kappa shape index (κ1) is 18.9. The summed E-state index contributed by atoms with van der Waals surface area (Å²) in [7, 11) is 0. The smallest absolute Gasteiger partial charge is 0.253 e. The second-order valence-corrected chi connectivity index (χ2v) is 6.70. The lowest BCUT2D eigenvalue weighted by Gasteiger charge is -2.35. The van der Waals surface area contributed by atoms with Crippen LogP contribution in [0.5, 0.6) is 0 Å². The van der Waals surface area contributed by atoms with E-state index >= 15 is 0 Å². The molecule has 0 saturated carbocycles. The number of carbonyl (C=O) groups excluding carboxylic acids is 2. The summed E-state index contributed by atoms with van der Waals surface area (Å²) >= 11 is 5.90. The van der Waals surface area contributed by atoms with Crippen molar-refractivity contribution in [2.45, 2.75) is 6.54 Å². The molecule has 6 nitrogen and oxygen atoms in total. The Bertz CT molecular complexity index is 821. The maximum atomic E-state index is 12.5. The van der Waals surface area contributed by atoms with Gasteiger partial charge < -0.3 is 15.1 Å². The van der Waals surface area contributed by atoms with Crippen LogP contribution in [0.4, 0.5) is 5.82 Å². The van der Waals surface area contributed by atoms with Crippen LogP contribution < -0.4 is 10.2 Å². The number of aromatic nitrogens is 1. The third-order valence-corrected chi connectivity index (χ3v) is 4.60.